The summed E-state index contributed by atoms with van der Waals surface area (Å²) < 4.78 is 0. The molecule has 1 atom stereocenters. The van der Waals surface area contributed by atoms with Gasteiger partial charge in [-0.25, -0.2) is 9.97 Å². The molecule has 1 fully saturated rings. The second-order valence-corrected chi connectivity index (χ2v) is 3.67. The normalized spacial score (nSPS) is 23.0. The van der Waals surface area contributed by atoms with Gasteiger partial charge in [-0.05, 0) is 42.5 Å². The average molecular weight is 198 g/mol. The van der Waals surface area contributed by atoms with Gasteiger partial charge in [0.05, 0.1) is 0 Å². The molecular formula is C9H12ClN3. The number of hydrogen-bond donors (Lipinski definition) is 1. The van der Waals surface area contributed by atoms with Gasteiger partial charge < -0.3 is 5.32 Å². The molecule has 0 aliphatic carbocycles. The van der Waals surface area contributed by atoms with Gasteiger partial charge in [0.25, 0.3) is 0 Å². The summed E-state index contributed by atoms with van der Waals surface area (Å²) in [6.45, 7) is 2.16. The van der Waals surface area contributed by atoms with Crippen molar-refractivity contribution in [3.63, 3.8) is 0 Å². The Balaban J connectivity index is 2.10. The highest BCUT2D eigenvalue weighted by molar-refractivity contribution is 6.28. The Morgan fingerprint density at radius 1 is 1.38 bits per heavy atom. The molecule has 0 saturated carbocycles. The lowest BCUT2D eigenvalue weighted by atomic mass is 9.94. The largest absolute Gasteiger partial charge is 0.316 e. The topological polar surface area (TPSA) is 37.8 Å². The number of rotatable bonds is 1. The fourth-order valence-electron chi connectivity index (χ4n) is 1.67. The average Bonchev–Trinajstić information content (AvgIpc) is 2.20. The first-order valence-electron chi connectivity index (χ1n) is 4.54. The maximum absolute atomic E-state index is 5.61. The monoisotopic (exact) mass is 197 g/mol. The zero-order valence-electron chi connectivity index (χ0n) is 7.33. The highest BCUT2D eigenvalue weighted by Crippen LogP contribution is 2.21. The van der Waals surface area contributed by atoms with E-state index in [4.69, 9.17) is 11.6 Å². The summed E-state index contributed by atoms with van der Waals surface area (Å²) in [5.41, 5.74) is 1.19. The molecule has 0 aromatic carbocycles. The molecule has 2 rings (SSSR count). The molecule has 1 aliphatic rings. The minimum absolute atomic E-state index is 0.326. The number of halogens is 1. The summed E-state index contributed by atoms with van der Waals surface area (Å²) in [6.07, 6.45) is 6.10. The first kappa shape index (κ1) is 8.91. The molecule has 13 heavy (non-hydrogen) atoms. The van der Waals surface area contributed by atoms with Crippen molar-refractivity contribution in [3.05, 3.63) is 23.2 Å². The summed E-state index contributed by atoms with van der Waals surface area (Å²) in [5, 5.41) is 3.69. The van der Waals surface area contributed by atoms with Crippen LogP contribution in [0.5, 0.6) is 0 Å². The molecule has 4 heteroatoms. The van der Waals surface area contributed by atoms with Gasteiger partial charge in [0.2, 0.25) is 5.28 Å². The van der Waals surface area contributed by atoms with E-state index in [1.807, 2.05) is 12.4 Å². The smallest absolute Gasteiger partial charge is 0.222 e. The van der Waals surface area contributed by atoms with Crippen molar-refractivity contribution < 1.29 is 0 Å². The molecule has 1 saturated heterocycles. The molecule has 1 aromatic heterocycles. The van der Waals surface area contributed by atoms with E-state index in [0.717, 1.165) is 13.1 Å². The number of piperidine rings is 1. The summed E-state index contributed by atoms with van der Waals surface area (Å²) >= 11 is 5.61. The first-order valence-corrected chi connectivity index (χ1v) is 4.92. The molecule has 1 aliphatic heterocycles. The van der Waals surface area contributed by atoms with Crippen molar-refractivity contribution >= 4 is 11.6 Å². The van der Waals surface area contributed by atoms with Gasteiger partial charge in [0.15, 0.2) is 0 Å². The number of aromatic nitrogens is 2. The number of nitrogens with zero attached hydrogens (tertiary/aromatic N) is 2. The predicted molar refractivity (Wildman–Crippen MR) is 51.9 cm³/mol. The second kappa shape index (κ2) is 4.03. The lowest BCUT2D eigenvalue weighted by molar-refractivity contribution is 0.460. The zero-order chi connectivity index (χ0) is 9.10. The van der Waals surface area contributed by atoms with E-state index in [1.165, 1.54) is 18.4 Å². The van der Waals surface area contributed by atoms with Crippen LogP contribution in [0.4, 0.5) is 0 Å². The lowest BCUT2D eigenvalue weighted by Crippen LogP contribution is -2.28. The third-order valence-electron chi connectivity index (χ3n) is 2.41. The maximum atomic E-state index is 5.61. The van der Waals surface area contributed by atoms with E-state index in [1.54, 1.807) is 0 Å². The van der Waals surface area contributed by atoms with E-state index < -0.39 is 0 Å². The third kappa shape index (κ3) is 2.17. The summed E-state index contributed by atoms with van der Waals surface area (Å²) in [6, 6.07) is 0. The van der Waals surface area contributed by atoms with Crippen molar-refractivity contribution in [2.45, 2.75) is 18.8 Å². The minimum atomic E-state index is 0.326. The van der Waals surface area contributed by atoms with Crippen molar-refractivity contribution in [2.75, 3.05) is 13.1 Å². The number of nitrogens with one attached hydrogen (secondary N) is 1. The van der Waals surface area contributed by atoms with Crippen molar-refractivity contribution in [1.29, 1.82) is 0 Å². The fourth-order valence-corrected chi connectivity index (χ4v) is 1.77. The van der Waals surface area contributed by atoms with Crippen LogP contribution < -0.4 is 5.32 Å². The van der Waals surface area contributed by atoms with Crippen molar-refractivity contribution in [1.82, 2.24) is 15.3 Å². The molecule has 1 unspecified atom stereocenters. The lowest BCUT2D eigenvalue weighted by Gasteiger charge is -2.22. The summed E-state index contributed by atoms with van der Waals surface area (Å²) in [5.74, 6) is 0.561. The quantitative estimate of drug-likeness (QED) is 0.695. The highest BCUT2D eigenvalue weighted by atomic mass is 35.5. The molecule has 1 N–H and O–H groups in total. The van der Waals surface area contributed by atoms with Gasteiger partial charge in [-0.2, -0.15) is 0 Å². The van der Waals surface area contributed by atoms with E-state index in [9.17, 15) is 0 Å². The van der Waals surface area contributed by atoms with Crippen LogP contribution in [0.3, 0.4) is 0 Å². The Hall–Kier alpha value is -0.670. The van der Waals surface area contributed by atoms with Gasteiger partial charge in [-0.15, -0.1) is 0 Å². The van der Waals surface area contributed by atoms with Crippen LogP contribution in [0, 0.1) is 0 Å². The van der Waals surface area contributed by atoms with Crippen LogP contribution in [0.25, 0.3) is 0 Å². The van der Waals surface area contributed by atoms with E-state index in [2.05, 4.69) is 15.3 Å². The Morgan fingerprint density at radius 2 is 2.15 bits per heavy atom. The SMILES string of the molecule is Clc1ncc(C2CCCNC2)cn1. The molecule has 0 radical (unpaired) electrons. The van der Waals surface area contributed by atoms with Gasteiger partial charge >= 0.3 is 0 Å². The van der Waals surface area contributed by atoms with Crippen LogP contribution in [0.15, 0.2) is 12.4 Å². The zero-order valence-corrected chi connectivity index (χ0v) is 8.09. The molecule has 70 valence electrons. The van der Waals surface area contributed by atoms with E-state index in [-0.39, 0.29) is 0 Å². The fraction of sp³-hybridized carbons (Fsp3) is 0.556. The van der Waals surface area contributed by atoms with Gasteiger partial charge in [-0.3, -0.25) is 0 Å². The third-order valence-corrected chi connectivity index (χ3v) is 2.60. The van der Waals surface area contributed by atoms with Crippen LogP contribution in [-0.2, 0) is 0 Å². The Morgan fingerprint density at radius 3 is 2.77 bits per heavy atom. The molecule has 3 nitrogen and oxygen atoms in total. The Kier molecular flexibility index (Phi) is 2.76. The molecule has 0 spiro atoms. The molecule has 1 aromatic rings. The van der Waals surface area contributed by atoms with Crippen LogP contribution >= 0.6 is 11.6 Å². The van der Waals surface area contributed by atoms with E-state index >= 15 is 0 Å². The highest BCUT2D eigenvalue weighted by Gasteiger charge is 2.15. The summed E-state index contributed by atoms with van der Waals surface area (Å²) in [7, 11) is 0. The molecule has 2 heterocycles. The number of hydrogen-bond acceptors (Lipinski definition) is 3. The molecule has 0 bridgehead atoms. The Labute approximate surface area is 82.5 Å². The first-order chi connectivity index (χ1) is 6.36. The molecule has 0 amide bonds. The van der Waals surface area contributed by atoms with E-state index in [0.29, 0.717) is 11.2 Å². The Bertz CT molecular complexity index is 267. The van der Waals surface area contributed by atoms with Gasteiger partial charge in [0, 0.05) is 18.9 Å². The van der Waals surface area contributed by atoms with Crippen LogP contribution in [0.1, 0.15) is 24.3 Å². The predicted octanol–water partition coefficient (Wildman–Crippen LogP) is 1.60. The standard InChI is InChI=1S/C9H12ClN3/c10-9-12-5-8(6-13-9)7-2-1-3-11-4-7/h5-7,11H,1-4H2. The van der Waals surface area contributed by atoms with Crippen molar-refractivity contribution in [2.24, 2.45) is 0 Å². The second-order valence-electron chi connectivity index (χ2n) is 3.33. The van der Waals surface area contributed by atoms with Crippen molar-refractivity contribution in [3.8, 4) is 0 Å². The van der Waals surface area contributed by atoms with Crippen LogP contribution in [-0.4, -0.2) is 23.1 Å². The summed E-state index contributed by atoms with van der Waals surface area (Å²) in [4.78, 5) is 7.96. The minimum Gasteiger partial charge on any atom is -0.316 e. The molecular weight excluding hydrogens is 186 g/mol. The maximum Gasteiger partial charge on any atom is 0.222 e. The van der Waals surface area contributed by atoms with Gasteiger partial charge in [-0.1, -0.05) is 0 Å². The van der Waals surface area contributed by atoms with Gasteiger partial charge in [0.1, 0.15) is 0 Å². The van der Waals surface area contributed by atoms with Crippen LogP contribution in [0.2, 0.25) is 5.28 Å².